The van der Waals surface area contributed by atoms with Crippen LogP contribution in [0.1, 0.15) is 83.2 Å². The molecule has 1 aromatic carbocycles. The minimum atomic E-state index is -0.342. The Kier molecular flexibility index (Phi) is 12.0. The number of aliphatic hydroxyl groups is 1. The molecule has 0 aliphatic rings. The summed E-state index contributed by atoms with van der Waals surface area (Å²) in [6, 6.07) is 9.40. The Morgan fingerprint density at radius 3 is 2.08 bits per heavy atom. The van der Waals surface area contributed by atoms with E-state index in [0.29, 0.717) is 6.54 Å². The maximum atomic E-state index is 11.4. The Morgan fingerprint density at radius 1 is 1.00 bits per heavy atom. The molecule has 0 radical (unpaired) electrons. The Morgan fingerprint density at radius 2 is 1.56 bits per heavy atom. The average Bonchev–Trinajstić information content (AvgIpc) is 2.61. The lowest BCUT2D eigenvalue weighted by molar-refractivity contribution is -0.204. The van der Waals surface area contributed by atoms with Crippen molar-refractivity contribution in [1.82, 2.24) is 5.06 Å². The second-order valence-corrected chi connectivity index (χ2v) is 6.66. The molecule has 1 rings (SSSR count). The highest BCUT2D eigenvalue weighted by molar-refractivity contribution is 5.65. The van der Waals surface area contributed by atoms with Gasteiger partial charge in [-0.2, -0.15) is 0 Å². The van der Waals surface area contributed by atoms with Gasteiger partial charge in [0.1, 0.15) is 0 Å². The highest BCUT2D eigenvalue weighted by atomic mass is 16.7. The van der Waals surface area contributed by atoms with Crippen molar-refractivity contribution in [3.8, 4) is 0 Å². The fraction of sp³-hybridized carbons (Fsp3) is 0.667. The van der Waals surface area contributed by atoms with Crippen molar-refractivity contribution < 1.29 is 14.7 Å². The fourth-order valence-corrected chi connectivity index (χ4v) is 3.05. The van der Waals surface area contributed by atoms with Gasteiger partial charge < -0.3 is 9.94 Å². The molecule has 0 spiro atoms. The normalized spacial score (nSPS) is 12.3. The average molecular weight is 350 g/mol. The van der Waals surface area contributed by atoms with Crippen LogP contribution in [0.2, 0.25) is 0 Å². The highest BCUT2D eigenvalue weighted by Crippen LogP contribution is 2.21. The zero-order chi connectivity index (χ0) is 18.3. The highest BCUT2D eigenvalue weighted by Gasteiger charge is 2.22. The summed E-state index contributed by atoms with van der Waals surface area (Å²) in [5, 5.41) is 11.4. The van der Waals surface area contributed by atoms with Crippen LogP contribution < -0.4 is 0 Å². The molecule has 142 valence electrons. The summed E-state index contributed by atoms with van der Waals surface area (Å²) in [7, 11) is 0. The number of rotatable bonds is 14. The Balaban J connectivity index is 2.36. The number of hydroxylamine groups is 2. The Labute approximate surface area is 153 Å². The van der Waals surface area contributed by atoms with Gasteiger partial charge >= 0.3 is 5.97 Å². The van der Waals surface area contributed by atoms with Crippen LogP contribution >= 0.6 is 0 Å². The summed E-state index contributed by atoms with van der Waals surface area (Å²) in [5.74, 6) is -0.342. The van der Waals surface area contributed by atoms with E-state index in [-0.39, 0.29) is 18.6 Å². The fourth-order valence-electron chi connectivity index (χ4n) is 3.05. The summed E-state index contributed by atoms with van der Waals surface area (Å²) in [5.41, 5.74) is 0.960. The van der Waals surface area contributed by atoms with E-state index in [4.69, 9.17) is 4.84 Å². The van der Waals surface area contributed by atoms with Crippen LogP contribution in [0.15, 0.2) is 30.3 Å². The lowest BCUT2D eigenvalue weighted by Gasteiger charge is -2.28. The summed E-state index contributed by atoms with van der Waals surface area (Å²) < 4.78 is 0. The molecule has 0 amide bonds. The molecule has 4 nitrogen and oxygen atoms in total. The molecule has 0 heterocycles. The van der Waals surface area contributed by atoms with Gasteiger partial charge in [-0.15, -0.1) is 5.06 Å². The molecule has 1 aromatic rings. The molecule has 0 saturated carbocycles. The van der Waals surface area contributed by atoms with Crippen LogP contribution in [0, 0.1) is 0 Å². The van der Waals surface area contributed by atoms with Crippen molar-refractivity contribution in [3.63, 3.8) is 0 Å². The van der Waals surface area contributed by atoms with E-state index < -0.39 is 0 Å². The van der Waals surface area contributed by atoms with E-state index in [1.807, 2.05) is 30.3 Å². The number of hydrogen-bond donors (Lipinski definition) is 1. The number of unbranched alkanes of at least 4 members (excludes halogenated alkanes) is 8. The molecule has 0 fully saturated rings. The monoisotopic (exact) mass is 349 g/mol. The van der Waals surface area contributed by atoms with Crippen molar-refractivity contribution in [2.45, 2.75) is 77.7 Å². The Bertz CT molecular complexity index is 450. The number of benzene rings is 1. The van der Waals surface area contributed by atoms with Crippen molar-refractivity contribution >= 4 is 5.97 Å². The minimum Gasteiger partial charge on any atom is -0.394 e. The molecule has 25 heavy (non-hydrogen) atoms. The third-order valence-electron chi connectivity index (χ3n) is 4.43. The van der Waals surface area contributed by atoms with Crippen molar-refractivity contribution in [1.29, 1.82) is 0 Å². The molecular weight excluding hydrogens is 314 g/mol. The zero-order valence-corrected chi connectivity index (χ0v) is 16.0. The van der Waals surface area contributed by atoms with Crippen LogP contribution in [-0.4, -0.2) is 29.3 Å². The maximum absolute atomic E-state index is 11.4. The third-order valence-corrected chi connectivity index (χ3v) is 4.43. The molecule has 1 N–H and O–H groups in total. The maximum Gasteiger partial charge on any atom is 0.322 e. The summed E-state index contributed by atoms with van der Waals surface area (Å²) >= 11 is 0. The molecule has 0 aliphatic heterocycles. The van der Waals surface area contributed by atoms with Gasteiger partial charge in [-0.1, -0.05) is 88.6 Å². The third kappa shape index (κ3) is 9.61. The SMILES string of the molecule is CCCCCCCCCCCN(OC(C)=O)[C@@H](CO)c1ccccc1. The van der Waals surface area contributed by atoms with Gasteiger partial charge in [0.25, 0.3) is 0 Å². The van der Waals surface area contributed by atoms with E-state index in [2.05, 4.69) is 6.92 Å². The largest absolute Gasteiger partial charge is 0.394 e. The predicted octanol–water partition coefficient (Wildman–Crippen LogP) is 5.03. The predicted molar refractivity (Wildman–Crippen MR) is 102 cm³/mol. The van der Waals surface area contributed by atoms with Crippen LogP contribution in [-0.2, 0) is 9.63 Å². The molecule has 0 saturated heterocycles. The van der Waals surface area contributed by atoms with Crippen LogP contribution in [0.25, 0.3) is 0 Å². The first-order valence-corrected chi connectivity index (χ1v) is 9.80. The van der Waals surface area contributed by atoms with Gasteiger partial charge in [0.05, 0.1) is 12.6 Å². The van der Waals surface area contributed by atoms with E-state index >= 15 is 0 Å². The van der Waals surface area contributed by atoms with E-state index in [0.717, 1.165) is 18.4 Å². The van der Waals surface area contributed by atoms with Gasteiger partial charge in [0.15, 0.2) is 0 Å². The van der Waals surface area contributed by atoms with Crippen molar-refractivity contribution in [3.05, 3.63) is 35.9 Å². The first kappa shape index (κ1) is 21.7. The van der Waals surface area contributed by atoms with Crippen LogP contribution in [0.5, 0.6) is 0 Å². The first-order chi connectivity index (χ1) is 12.2. The van der Waals surface area contributed by atoms with Gasteiger partial charge in [-0.25, -0.2) is 0 Å². The molecule has 0 bridgehead atoms. The number of aliphatic hydroxyl groups excluding tert-OH is 1. The molecule has 0 aliphatic carbocycles. The van der Waals surface area contributed by atoms with Crippen LogP contribution in [0.4, 0.5) is 0 Å². The second-order valence-electron chi connectivity index (χ2n) is 6.66. The number of nitrogens with zero attached hydrogens (tertiary/aromatic N) is 1. The second kappa shape index (κ2) is 13.9. The quantitative estimate of drug-likeness (QED) is 0.378. The molecule has 1 atom stereocenters. The molecule has 0 unspecified atom stereocenters. The zero-order valence-electron chi connectivity index (χ0n) is 16.0. The van der Waals surface area contributed by atoms with Gasteiger partial charge in [-0.3, -0.25) is 4.79 Å². The summed E-state index contributed by atoms with van der Waals surface area (Å²) in [6.07, 6.45) is 11.2. The van der Waals surface area contributed by atoms with Gasteiger partial charge in [0, 0.05) is 13.5 Å². The molecule has 0 aromatic heterocycles. The van der Waals surface area contributed by atoms with E-state index in [1.165, 1.54) is 51.9 Å². The molecular formula is C21H35NO3. The summed E-state index contributed by atoms with van der Waals surface area (Å²) in [6.45, 7) is 4.22. The van der Waals surface area contributed by atoms with Gasteiger partial charge in [-0.05, 0) is 12.0 Å². The Hall–Kier alpha value is -1.39. The smallest absolute Gasteiger partial charge is 0.322 e. The van der Waals surface area contributed by atoms with Crippen molar-refractivity contribution in [2.75, 3.05) is 13.2 Å². The number of hydrogen-bond acceptors (Lipinski definition) is 4. The van der Waals surface area contributed by atoms with Crippen molar-refractivity contribution in [2.24, 2.45) is 0 Å². The molecule has 4 heteroatoms. The minimum absolute atomic E-state index is 0.0747. The first-order valence-electron chi connectivity index (χ1n) is 9.80. The topological polar surface area (TPSA) is 49.8 Å². The number of carbonyl (C=O) groups is 1. The lowest BCUT2D eigenvalue weighted by atomic mass is 10.1. The van der Waals surface area contributed by atoms with Gasteiger partial charge in [0.2, 0.25) is 0 Å². The number of carbonyl (C=O) groups excluding carboxylic acids is 1. The van der Waals surface area contributed by atoms with Crippen LogP contribution in [0.3, 0.4) is 0 Å². The van der Waals surface area contributed by atoms with E-state index in [1.54, 1.807) is 5.06 Å². The van der Waals surface area contributed by atoms with E-state index in [9.17, 15) is 9.90 Å². The lowest BCUT2D eigenvalue weighted by Crippen LogP contribution is -2.34. The summed E-state index contributed by atoms with van der Waals surface area (Å²) in [4.78, 5) is 16.8. The standard InChI is InChI=1S/C21H35NO3/c1-3-4-5-6-7-8-9-10-14-17-22(25-19(2)24)21(18-23)20-15-12-11-13-16-20/h11-13,15-16,21,23H,3-10,14,17-18H2,1-2H3/t21-/m0/s1.